The monoisotopic (exact) mass is 182 g/mol. The quantitative estimate of drug-likeness (QED) is 0.493. The Kier molecular flexibility index (Phi) is 2.20. The number of carbonyl (C=O) groups excluding carboxylic acids is 1. The van der Waals surface area contributed by atoms with Gasteiger partial charge in [0.15, 0.2) is 0 Å². The molecule has 2 fully saturated rings. The Morgan fingerprint density at radius 1 is 1.62 bits per heavy atom. The molecule has 72 valence electrons. The fourth-order valence-electron chi connectivity index (χ4n) is 2.28. The van der Waals surface area contributed by atoms with Crippen LogP contribution >= 0.6 is 0 Å². The zero-order valence-electron chi connectivity index (χ0n) is 7.75. The average Bonchev–Trinajstić information content (AvgIpc) is 2.74. The molecule has 0 radical (unpaired) electrons. The van der Waals surface area contributed by atoms with Gasteiger partial charge in [-0.05, 0) is 31.6 Å². The van der Waals surface area contributed by atoms with Gasteiger partial charge in [-0.15, -0.1) is 0 Å². The molecule has 0 spiro atoms. The number of hydrogen-bond acceptors (Lipinski definition) is 3. The molecule has 0 heterocycles. The van der Waals surface area contributed by atoms with Crippen molar-refractivity contribution in [3.63, 3.8) is 0 Å². The predicted molar refractivity (Wildman–Crippen MR) is 48.4 cm³/mol. The van der Waals surface area contributed by atoms with E-state index >= 15 is 0 Å². The van der Waals surface area contributed by atoms with Gasteiger partial charge in [0.05, 0.1) is 5.71 Å². The first-order chi connectivity index (χ1) is 6.29. The molecule has 0 aliphatic heterocycles. The van der Waals surface area contributed by atoms with E-state index in [2.05, 4.69) is 15.3 Å². The summed E-state index contributed by atoms with van der Waals surface area (Å²) >= 11 is 0. The van der Waals surface area contributed by atoms with Crippen LogP contribution in [0, 0.1) is 11.8 Å². The fraction of sp³-hybridized carbons (Fsp3) is 0.778. The number of amides is 1. The second-order valence-corrected chi connectivity index (χ2v) is 3.79. The van der Waals surface area contributed by atoms with Crippen molar-refractivity contribution in [3.8, 4) is 0 Å². The first-order valence-electron chi connectivity index (χ1n) is 4.75. The van der Waals surface area contributed by atoms with E-state index in [0.29, 0.717) is 5.92 Å². The third-order valence-corrected chi connectivity index (χ3v) is 2.96. The van der Waals surface area contributed by atoms with Crippen molar-refractivity contribution in [1.29, 1.82) is 0 Å². The number of nitrogens with one attached hydrogen (secondary N) is 1. The van der Waals surface area contributed by atoms with Crippen LogP contribution in [-0.4, -0.2) is 18.9 Å². The second kappa shape index (κ2) is 3.36. The normalized spacial score (nSPS) is 33.8. The fourth-order valence-corrected chi connectivity index (χ4v) is 2.28. The minimum absolute atomic E-state index is 0.477. The summed E-state index contributed by atoms with van der Waals surface area (Å²) in [5.41, 5.74) is 1.08. The van der Waals surface area contributed by atoms with E-state index in [1.807, 2.05) is 0 Å². The zero-order chi connectivity index (χ0) is 9.26. The predicted octanol–water partition coefficient (Wildman–Crippen LogP) is 1.52. The highest BCUT2D eigenvalue weighted by Crippen LogP contribution is 2.42. The van der Waals surface area contributed by atoms with Gasteiger partial charge in [-0.1, -0.05) is 5.16 Å². The van der Waals surface area contributed by atoms with Crippen LogP contribution < -0.4 is 5.32 Å². The summed E-state index contributed by atoms with van der Waals surface area (Å²) in [5, 5.41) is 6.25. The van der Waals surface area contributed by atoms with Gasteiger partial charge in [-0.2, -0.15) is 0 Å². The van der Waals surface area contributed by atoms with Gasteiger partial charge in [-0.25, -0.2) is 4.79 Å². The summed E-state index contributed by atoms with van der Waals surface area (Å²) in [7, 11) is 1.53. The Balaban J connectivity index is 1.91. The lowest BCUT2D eigenvalue weighted by Gasteiger charge is -2.10. The maximum absolute atomic E-state index is 10.7. The molecule has 13 heavy (non-hydrogen) atoms. The molecule has 2 rings (SSSR count). The largest absolute Gasteiger partial charge is 0.433 e. The van der Waals surface area contributed by atoms with Crippen LogP contribution in [0.15, 0.2) is 5.16 Å². The van der Waals surface area contributed by atoms with Crippen LogP contribution in [-0.2, 0) is 4.84 Å². The highest BCUT2D eigenvalue weighted by molar-refractivity contribution is 5.89. The Bertz CT molecular complexity index is 250. The summed E-state index contributed by atoms with van der Waals surface area (Å²) in [6.45, 7) is 0. The van der Waals surface area contributed by atoms with E-state index in [1.165, 1.54) is 26.3 Å². The molecule has 1 N–H and O–H groups in total. The van der Waals surface area contributed by atoms with Gasteiger partial charge in [0, 0.05) is 13.0 Å². The molecule has 2 aliphatic rings. The standard InChI is InChI=1S/C9H14N2O2/c1-10-9(12)13-11-8-5-6-2-3-7(8)4-6/h6-7H,2-5H2,1H3,(H,10,12). The van der Waals surface area contributed by atoms with Crippen LogP contribution in [0.2, 0.25) is 0 Å². The smallest absolute Gasteiger partial charge is 0.323 e. The molecule has 4 nitrogen and oxygen atoms in total. The molecule has 0 saturated heterocycles. The van der Waals surface area contributed by atoms with Crippen molar-refractivity contribution >= 4 is 11.8 Å². The summed E-state index contributed by atoms with van der Waals surface area (Å²) in [5.74, 6) is 1.40. The van der Waals surface area contributed by atoms with Gasteiger partial charge in [-0.3, -0.25) is 4.84 Å². The van der Waals surface area contributed by atoms with Crippen LogP contribution in [0.5, 0.6) is 0 Å². The number of carbonyl (C=O) groups is 1. The lowest BCUT2D eigenvalue weighted by Crippen LogP contribution is -2.18. The van der Waals surface area contributed by atoms with E-state index in [-0.39, 0.29) is 0 Å². The second-order valence-electron chi connectivity index (χ2n) is 3.79. The summed E-state index contributed by atoms with van der Waals surface area (Å²) in [6.07, 6.45) is 4.34. The number of fused-ring (bicyclic) bond motifs is 2. The van der Waals surface area contributed by atoms with E-state index in [1.54, 1.807) is 0 Å². The van der Waals surface area contributed by atoms with Crippen molar-refractivity contribution in [2.24, 2.45) is 17.0 Å². The lowest BCUT2D eigenvalue weighted by atomic mass is 9.99. The molecular weight excluding hydrogens is 168 g/mol. The average molecular weight is 182 g/mol. The molecule has 1 amide bonds. The van der Waals surface area contributed by atoms with Crippen LogP contribution in [0.3, 0.4) is 0 Å². The maximum atomic E-state index is 10.7. The molecule has 2 aliphatic carbocycles. The molecular formula is C9H14N2O2. The molecule has 0 aromatic heterocycles. The van der Waals surface area contributed by atoms with Gasteiger partial charge >= 0.3 is 6.09 Å². The Hall–Kier alpha value is -1.06. The first-order valence-corrected chi connectivity index (χ1v) is 4.75. The van der Waals surface area contributed by atoms with Gasteiger partial charge in [0.25, 0.3) is 0 Å². The van der Waals surface area contributed by atoms with Crippen LogP contribution in [0.25, 0.3) is 0 Å². The third-order valence-electron chi connectivity index (χ3n) is 2.96. The minimum atomic E-state index is -0.477. The molecule has 0 aromatic rings. The van der Waals surface area contributed by atoms with Gasteiger partial charge < -0.3 is 5.32 Å². The summed E-state index contributed by atoms with van der Waals surface area (Å²) in [6, 6.07) is 0. The number of nitrogens with zero attached hydrogens (tertiary/aromatic N) is 1. The van der Waals surface area contributed by atoms with E-state index in [4.69, 9.17) is 0 Å². The third kappa shape index (κ3) is 1.66. The topological polar surface area (TPSA) is 50.7 Å². The van der Waals surface area contributed by atoms with Crippen LogP contribution in [0.4, 0.5) is 4.79 Å². The number of rotatable bonds is 1. The highest BCUT2D eigenvalue weighted by atomic mass is 16.7. The molecule has 2 saturated carbocycles. The van der Waals surface area contributed by atoms with E-state index < -0.39 is 6.09 Å². The SMILES string of the molecule is CNC(=O)ON=C1CC2CCC1C2. The molecule has 2 atom stereocenters. The molecule has 2 bridgehead atoms. The van der Waals surface area contributed by atoms with Gasteiger partial charge in [0.1, 0.15) is 0 Å². The maximum Gasteiger partial charge on any atom is 0.433 e. The van der Waals surface area contributed by atoms with Crippen molar-refractivity contribution in [2.75, 3.05) is 7.05 Å². The van der Waals surface area contributed by atoms with Crippen molar-refractivity contribution in [2.45, 2.75) is 25.7 Å². The molecule has 4 heteroatoms. The number of oxime groups is 1. The van der Waals surface area contributed by atoms with Crippen molar-refractivity contribution in [1.82, 2.24) is 5.32 Å². The lowest BCUT2D eigenvalue weighted by molar-refractivity contribution is 0.152. The molecule has 0 aromatic carbocycles. The number of hydrogen-bond donors (Lipinski definition) is 1. The Morgan fingerprint density at radius 3 is 3.00 bits per heavy atom. The van der Waals surface area contributed by atoms with E-state index in [9.17, 15) is 4.79 Å². The highest BCUT2D eigenvalue weighted by Gasteiger charge is 2.37. The zero-order valence-corrected chi connectivity index (χ0v) is 7.75. The van der Waals surface area contributed by atoms with Gasteiger partial charge in [0.2, 0.25) is 0 Å². The first kappa shape index (κ1) is 8.53. The summed E-state index contributed by atoms with van der Waals surface area (Å²) < 4.78 is 0. The minimum Gasteiger partial charge on any atom is -0.323 e. The Morgan fingerprint density at radius 2 is 2.46 bits per heavy atom. The summed E-state index contributed by atoms with van der Waals surface area (Å²) in [4.78, 5) is 15.4. The Labute approximate surface area is 77.3 Å². The van der Waals surface area contributed by atoms with Crippen LogP contribution in [0.1, 0.15) is 25.7 Å². The van der Waals surface area contributed by atoms with Crippen molar-refractivity contribution in [3.05, 3.63) is 0 Å². The van der Waals surface area contributed by atoms with E-state index in [0.717, 1.165) is 18.1 Å². The van der Waals surface area contributed by atoms with Crippen molar-refractivity contribution < 1.29 is 9.63 Å². The molecule has 2 unspecified atom stereocenters.